The quantitative estimate of drug-likeness (QED) is 0.120. The van der Waals surface area contributed by atoms with Crippen LogP contribution in [-0.2, 0) is 0 Å². The lowest BCUT2D eigenvalue weighted by atomic mass is 9.95. The second kappa shape index (κ2) is 15.0. The van der Waals surface area contributed by atoms with E-state index in [4.69, 9.17) is 19.9 Å². The van der Waals surface area contributed by atoms with Gasteiger partial charge in [-0.3, -0.25) is 0 Å². The number of hydrogen-bond acceptors (Lipinski definition) is 4. The molecule has 0 aliphatic heterocycles. The Morgan fingerprint density at radius 1 is 0.217 bits per heavy atom. The fraction of sp³-hybridized carbons (Fsp3) is 0. The summed E-state index contributed by atoms with van der Waals surface area (Å²) in [6.45, 7) is 0. The minimum atomic E-state index is 0.633. The highest BCUT2D eigenvalue weighted by atomic mass is 15.0. The van der Waals surface area contributed by atoms with Crippen molar-refractivity contribution in [2.24, 2.45) is 0 Å². The van der Waals surface area contributed by atoms with Crippen molar-refractivity contribution in [2.45, 2.75) is 0 Å². The standard InChI is InChI=1S/C56H36N4/c1-3-12-37(13-4-1)38-24-30-43(31-25-38)55-58-54(42-14-5-2-6-15-42)59-56(60-55)44-32-26-40(27-33-44)46-19-11-18-45(34-46)39-22-28-41(29-23-39)53-50-21-10-9-20-49(50)51-35-47-16-7-8-17-48(47)36-52(51)57-53/h1-36H. The first-order chi connectivity index (χ1) is 29.7. The van der Waals surface area contributed by atoms with Crippen molar-refractivity contribution in [1.29, 1.82) is 0 Å². The van der Waals surface area contributed by atoms with Gasteiger partial charge in [0.05, 0.1) is 11.2 Å². The van der Waals surface area contributed by atoms with E-state index in [1.807, 2.05) is 36.4 Å². The van der Waals surface area contributed by atoms with Crippen LogP contribution in [0.1, 0.15) is 0 Å². The van der Waals surface area contributed by atoms with Gasteiger partial charge in [-0.1, -0.05) is 200 Å². The Morgan fingerprint density at radius 2 is 0.600 bits per heavy atom. The summed E-state index contributed by atoms with van der Waals surface area (Å²) in [7, 11) is 0. The molecule has 0 unspecified atom stereocenters. The van der Waals surface area contributed by atoms with Crippen LogP contribution in [0.5, 0.6) is 0 Å². The largest absolute Gasteiger partial charge is 0.247 e. The Balaban J connectivity index is 0.894. The van der Waals surface area contributed by atoms with Crippen LogP contribution in [0.15, 0.2) is 218 Å². The predicted molar refractivity (Wildman–Crippen MR) is 248 cm³/mol. The van der Waals surface area contributed by atoms with Crippen molar-refractivity contribution in [3.8, 4) is 78.8 Å². The van der Waals surface area contributed by atoms with Gasteiger partial charge in [0.1, 0.15) is 0 Å². The van der Waals surface area contributed by atoms with E-state index in [-0.39, 0.29) is 0 Å². The third-order valence-corrected chi connectivity index (χ3v) is 11.3. The Morgan fingerprint density at radius 3 is 1.17 bits per heavy atom. The fourth-order valence-corrected chi connectivity index (χ4v) is 8.17. The zero-order valence-electron chi connectivity index (χ0n) is 32.6. The maximum Gasteiger partial charge on any atom is 0.164 e. The van der Waals surface area contributed by atoms with Crippen LogP contribution in [0.25, 0.3) is 111 Å². The maximum absolute atomic E-state index is 5.25. The zero-order valence-corrected chi connectivity index (χ0v) is 32.6. The molecule has 11 rings (SSSR count). The number of aromatic nitrogens is 4. The van der Waals surface area contributed by atoms with Crippen LogP contribution in [0.3, 0.4) is 0 Å². The lowest BCUT2D eigenvalue weighted by Crippen LogP contribution is -2.00. The normalized spacial score (nSPS) is 11.3. The van der Waals surface area contributed by atoms with Crippen molar-refractivity contribution in [2.75, 3.05) is 0 Å². The molecular formula is C56H36N4. The van der Waals surface area contributed by atoms with Crippen LogP contribution in [0, 0.1) is 0 Å². The van der Waals surface area contributed by atoms with E-state index in [1.165, 1.54) is 27.1 Å². The van der Waals surface area contributed by atoms with Crippen LogP contribution < -0.4 is 0 Å². The highest BCUT2D eigenvalue weighted by Gasteiger charge is 2.15. The van der Waals surface area contributed by atoms with Gasteiger partial charge in [0.2, 0.25) is 0 Å². The summed E-state index contributed by atoms with van der Waals surface area (Å²) < 4.78 is 0. The predicted octanol–water partition coefficient (Wildman–Crippen LogP) is 14.4. The first kappa shape index (κ1) is 35.1. The SMILES string of the molecule is c1ccc(-c2ccc(-c3nc(-c4ccccc4)nc(-c4ccc(-c5cccc(-c6ccc(-c7nc8cc9ccccc9cc8c8ccccc78)cc6)c5)cc4)n3)cc2)cc1. The molecule has 11 aromatic rings. The van der Waals surface area contributed by atoms with Crippen LogP contribution >= 0.6 is 0 Å². The highest BCUT2D eigenvalue weighted by molar-refractivity contribution is 6.14. The van der Waals surface area contributed by atoms with E-state index in [1.54, 1.807) is 0 Å². The van der Waals surface area contributed by atoms with Gasteiger partial charge < -0.3 is 0 Å². The fourth-order valence-electron chi connectivity index (χ4n) is 8.17. The number of fused-ring (bicyclic) bond motifs is 4. The summed E-state index contributed by atoms with van der Waals surface area (Å²) in [5.74, 6) is 1.91. The smallest absolute Gasteiger partial charge is 0.164 e. The molecule has 0 atom stereocenters. The minimum Gasteiger partial charge on any atom is -0.247 e. The third-order valence-electron chi connectivity index (χ3n) is 11.3. The Kier molecular flexibility index (Phi) is 8.79. The van der Waals surface area contributed by atoms with Gasteiger partial charge in [0.15, 0.2) is 17.5 Å². The molecule has 0 spiro atoms. The molecule has 0 aliphatic rings. The molecule has 2 heterocycles. The van der Waals surface area contributed by atoms with E-state index in [0.29, 0.717) is 17.5 Å². The molecule has 0 amide bonds. The molecule has 9 aromatic carbocycles. The van der Waals surface area contributed by atoms with E-state index < -0.39 is 0 Å². The van der Waals surface area contributed by atoms with Gasteiger partial charge in [-0.05, 0) is 67.7 Å². The Hall–Kier alpha value is -8.08. The summed E-state index contributed by atoms with van der Waals surface area (Å²) >= 11 is 0. The molecule has 2 aromatic heterocycles. The molecule has 0 radical (unpaired) electrons. The zero-order chi connectivity index (χ0) is 39.8. The number of benzene rings is 9. The molecule has 0 saturated heterocycles. The van der Waals surface area contributed by atoms with E-state index in [0.717, 1.165) is 66.7 Å². The molecule has 60 heavy (non-hydrogen) atoms. The molecule has 0 saturated carbocycles. The molecule has 0 N–H and O–H groups in total. The lowest BCUT2D eigenvalue weighted by molar-refractivity contribution is 1.07. The van der Waals surface area contributed by atoms with Crippen LogP contribution in [0.4, 0.5) is 0 Å². The van der Waals surface area contributed by atoms with Crippen molar-refractivity contribution in [3.63, 3.8) is 0 Å². The topological polar surface area (TPSA) is 51.6 Å². The van der Waals surface area contributed by atoms with Gasteiger partial charge in [-0.15, -0.1) is 0 Å². The second-order valence-corrected chi connectivity index (χ2v) is 15.1. The van der Waals surface area contributed by atoms with E-state index in [2.05, 4.69) is 182 Å². The molecule has 0 fully saturated rings. The molecule has 4 heteroatoms. The molecule has 0 bridgehead atoms. The van der Waals surface area contributed by atoms with E-state index >= 15 is 0 Å². The van der Waals surface area contributed by atoms with Gasteiger partial charge in [-0.25, -0.2) is 19.9 Å². The molecular weight excluding hydrogens is 729 g/mol. The Labute approximate surface area is 348 Å². The highest BCUT2D eigenvalue weighted by Crippen LogP contribution is 2.36. The lowest BCUT2D eigenvalue weighted by Gasteiger charge is -2.12. The first-order valence-electron chi connectivity index (χ1n) is 20.2. The molecule has 280 valence electrons. The Bertz CT molecular complexity index is 3330. The average Bonchev–Trinajstić information content (AvgIpc) is 3.34. The minimum absolute atomic E-state index is 0.633. The summed E-state index contributed by atoms with van der Waals surface area (Å²) in [4.78, 5) is 20.2. The van der Waals surface area contributed by atoms with Crippen LogP contribution in [-0.4, -0.2) is 19.9 Å². The van der Waals surface area contributed by atoms with Crippen molar-refractivity contribution < 1.29 is 0 Å². The van der Waals surface area contributed by atoms with Gasteiger partial charge in [0.25, 0.3) is 0 Å². The van der Waals surface area contributed by atoms with Gasteiger partial charge in [0, 0.05) is 33.0 Å². The summed E-state index contributed by atoms with van der Waals surface area (Å²) in [5, 5.41) is 5.97. The van der Waals surface area contributed by atoms with Gasteiger partial charge >= 0.3 is 0 Å². The maximum atomic E-state index is 5.25. The van der Waals surface area contributed by atoms with Crippen molar-refractivity contribution in [3.05, 3.63) is 218 Å². The summed E-state index contributed by atoms with van der Waals surface area (Å²) in [6.07, 6.45) is 0. The number of hydrogen-bond donors (Lipinski definition) is 0. The molecule has 4 nitrogen and oxygen atoms in total. The van der Waals surface area contributed by atoms with Crippen molar-refractivity contribution in [1.82, 2.24) is 19.9 Å². The third kappa shape index (κ3) is 6.66. The monoisotopic (exact) mass is 764 g/mol. The summed E-state index contributed by atoms with van der Waals surface area (Å²) in [5.41, 5.74) is 12.8. The van der Waals surface area contributed by atoms with E-state index in [9.17, 15) is 0 Å². The van der Waals surface area contributed by atoms with Gasteiger partial charge in [-0.2, -0.15) is 0 Å². The summed E-state index contributed by atoms with van der Waals surface area (Å²) in [6, 6.07) is 76.5. The first-order valence-corrected chi connectivity index (χ1v) is 20.2. The van der Waals surface area contributed by atoms with Crippen molar-refractivity contribution >= 4 is 32.4 Å². The average molecular weight is 765 g/mol. The molecule has 0 aliphatic carbocycles. The second-order valence-electron chi connectivity index (χ2n) is 15.1. The number of nitrogens with zero attached hydrogens (tertiary/aromatic N) is 4. The number of pyridine rings is 1. The number of rotatable bonds is 7. The van der Waals surface area contributed by atoms with Crippen LogP contribution in [0.2, 0.25) is 0 Å².